The van der Waals surface area contributed by atoms with Gasteiger partial charge in [0.05, 0.1) is 14.2 Å². The minimum Gasteiger partial charge on any atom is -0.497 e. The SMILES string of the molecule is COc1cc(OC)cc(C2(N)C=C(N(C)C)NC(N3CCN(c4ccccn4)CC3)=N2)c1. The molecule has 0 aliphatic carbocycles. The van der Waals surface area contributed by atoms with Gasteiger partial charge in [-0.25, -0.2) is 9.98 Å². The fraction of sp³-hybridized carbons (Fsp3) is 0.391. The fourth-order valence-corrected chi connectivity index (χ4v) is 3.86. The number of methoxy groups -OCH3 is 2. The summed E-state index contributed by atoms with van der Waals surface area (Å²) < 4.78 is 10.9. The number of anilines is 1. The van der Waals surface area contributed by atoms with Crippen molar-refractivity contribution in [3.63, 3.8) is 0 Å². The quantitative estimate of drug-likeness (QED) is 0.725. The molecule has 0 amide bonds. The molecule has 2 aliphatic rings. The molecule has 1 unspecified atom stereocenters. The summed E-state index contributed by atoms with van der Waals surface area (Å²) in [5.41, 5.74) is 6.60. The van der Waals surface area contributed by atoms with Crippen LogP contribution in [0.2, 0.25) is 0 Å². The normalized spacial score (nSPS) is 20.8. The number of nitrogens with two attached hydrogens (primary N) is 1. The maximum absolute atomic E-state index is 6.88. The summed E-state index contributed by atoms with van der Waals surface area (Å²) in [4.78, 5) is 15.9. The third-order valence-corrected chi connectivity index (χ3v) is 5.74. The molecule has 1 saturated heterocycles. The molecular weight excluding hydrogens is 406 g/mol. The molecule has 0 bridgehead atoms. The van der Waals surface area contributed by atoms with Gasteiger partial charge in [0.25, 0.3) is 0 Å². The highest BCUT2D eigenvalue weighted by molar-refractivity contribution is 5.84. The molecule has 2 aliphatic heterocycles. The Balaban J connectivity index is 1.62. The van der Waals surface area contributed by atoms with Gasteiger partial charge in [0.2, 0.25) is 5.96 Å². The number of nitrogens with one attached hydrogen (secondary N) is 1. The smallest absolute Gasteiger partial charge is 0.202 e. The first-order chi connectivity index (χ1) is 15.4. The molecule has 2 aromatic rings. The number of nitrogens with zero attached hydrogens (tertiary/aromatic N) is 5. The molecule has 0 spiro atoms. The Bertz CT molecular complexity index is 978. The van der Waals surface area contributed by atoms with E-state index < -0.39 is 5.66 Å². The van der Waals surface area contributed by atoms with Gasteiger partial charge >= 0.3 is 0 Å². The van der Waals surface area contributed by atoms with Crippen molar-refractivity contribution in [1.29, 1.82) is 0 Å². The first kappa shape index (κ1) is 21.8. The molecule has 1 atom stereocenters. The molecule has 3 N–H and O–H groups in total. The largest absolute Gasteiger partial charge is 0.497 e. The number of piperazine rings is 1. The summed E-state index contributed by atoms with van der Waals surface area (Å²) in [7, 11) is 7.21. The highest BCUT2D eigenvalue weighted by Crippen LogP contribution is 2.33. The van der Waals surface area contributed by atoms with Crippen molar-refractivity contribution >= 4 is 11.8 Å². The van der Waals surface area contributed by atoms with Crippen LogP contribution < -0.4 is 25.4 Å². The lowest BCUT2D eigenvalue weighted by Crippen LogP contribution is -2.56. The number of pyridine rings is 1. The summed E-state index contributed by atoms with van der Waals surface area (Å²) in [6.07, 6.45) is 3.75. The molecule has 1 aromatic heterocycles. The summed E-state index contributed by atoms with van der Waals surface area (Å²) >= 11 is 0. The van der Waals surface area contributed by atoms with E-state index in [0.717, 1.165) is 49.3 Å². The third kappa shape index (κ3) is 4.43. The van der Waals surface area contributed by atoms with E-state index in [9.17, 15) is 0 Å². The second-order valence-electron chi connectivity index (χ2n) is 8.07. The molecule has 32 heavy (non-hydrogen) atoms. The van der Waals surface area contributed by atoms with Gasteiger partial charge in [-0.2, -0.15) is 0 Å². The molecule has 0 saturated carbocycles. The Morgan fingerprint density at radius 2 is 1.66 bits per heavy atom. The second-order valence-corrected chi connectivity index (χ2v) is 8.07. The van der Waals surface area contributed by atoms with Gasteiger partial charge in [0.15, 0.2) is 5.66 Å². The summed E-state index contributed by atoms with van der Waals surface area (Å²) in [6, 6.07) is 11.6. The van der Waals surface area contributed by atoms with E-state index in [2.05, 4.69) is 20.1 Å². The number of guanidine groups is 1. The fourth-order valence-electron chi connectivity index (χ4n) is 3.86. The molecule has 0 radical (unpaired) electrons. The molecule has 1 aromatic carbocycles. The van der Waals surface area contributed by atoms with Crippen molar-refractivity contribution in [2.24, 2.45) is 10.7 Å². The standard InChI is InChI=1S/C23H31N7O2/c1-28(2)21-16-23(24,17-13-18(31-3)15-19(14-17)32-4)27-22(26-21)30-11-9-29(10-12-30)20-7-5-6-8-25-20/h5-8,13-16H,9-12,24H2,1-4H3,(H,26,27). The van der Waals surface area contributed by atoms with Gasteiger partial charge in [0, 0.05) is 64.2 Å². The lowest BCUT2D eigenvalue weighted by atomic mass is 9.98. The first-order valence-corrected chi connectivity index (χ1v) is 10.6. The monoisotopic (exact) mass is 437 g/mol. The predicted octanol–water partition coefficient (Wildman–Crippen LogP) is 1.39. The Labute approximate surface area is 189 Å². The third-order valence-electron chi connectivity index (χ3n) is 5.74. The van der Waals surface area contributed by atoms with Crippen LogP contribution in [0.25, 0.3) is 0 Å². The number of hydrogen-bond acceptors (Lipinski definition) is 9. The van der Waals surface area contributed by atoms with Crippen LogP contribution >= 0.6 is 0 Å². The zero-order valence-electron chi connectivity index (χ0n) is 19.1. The van der Waals surface area contributed by atoms with Gasteiger partial charge < -0.3 is 29.5 Å². The van der Waals surface area contributed by atoms with Crippen molar-refractivity contribution in [2.75, 3.05) is 59.4 Å². The maximum Gasteiger partial charge on any atom is 0.202 e. The van der Waals surface area contributed by atoms with Crippen LogP contribution in [-0.4, -0.2) is 75.2 Å². The van der Waals surface area contributed by atoms with E-state index in [0.29, 0.717) is 11.5 Å². The Kier molecular flexibility index (Phi) is 6.09. The summed E-state index contributed by atoms with van der Waals surface area (Å²) in [5, 5.41) is 3.45. The Morgan fingerprint density at radius 1 is 1.00 bits per heavy atom. The molecule has 170 valence electrons. The highest BCUT2D eigenvalue weighted by atomic mass is 16.5. The van der Waals surface area contributed by atoms with Crippen LogP contribution in [0.1, 0.15) is 5.56 Å². The molecular formula is C23H31N7O2. The second kappa shape index (κ2) is 8.96. The van der Waals surface area contributed by atoms with E-state index in [1.165, 1.54) is 0 Å². The Morgan fingerprint density at radius 3 is 2.22 bits per heavy atom. The molecule has 4 rings (SSSR count). The summed E-state index contributed by atoms with van der Waals surface area (Å²) in [6.45, 7) is 3.31. The van der Waals surface area contributed by atoms with Crippen LogP contribution in [0, 0.1) is 0 Å². The van der Waals surface area contributed by atoms with Crippen molar-refractivity contribution in [3.8, 4) is 11.5 Å². The topological polar surface area (TPSA) is 91.5 Å². The molecule has 9 heteroatoms. The minimum absolute atomic E-state index is 0.670. The average molecular weight is 438 g/mol. The lowest BCUT2D eigenvalue weighted by molar-refractivity contribution is 0.351. The highest BCUT2D eigenvalue weighted by Gasteiger charge is 2.34. The number of aromatic nitrogens is 1. The van der Waals surface area contributed by atoms with E-state index in [4.69, 9.17) is 20.2 Å². The van der Waals surface area contributed by atoms with Gasteiger partial charge in [-0.15, -0.1) is 0 Å². The zero-order valence-corrected chi connectivity index (χ0v) is 19.1. The zero-order chi connectivity index (χ0) is 22.7. The molecule has 3 heterocycles. The number of aliphatic imine (C=N–C) groups is 1. The molecule has 9 nitrogen and oxygen atoms in total. The number of ether oxygens (including phenoxy) is 2. The van der Waals surface area contributed by atoms with E-state index in [-0.39, 0.29) is 0 Å². The van der Waals surface area contributed by atoms with E-state index in [1.54, 1.807) is 14.2 Å². The first-order valence-electron chi connectivity index (χ1n) is 10.6. The van der Waals surface area contributed by atoms with Crippen LogP contribution in [0.4, 0.5) is 5.82 Å². The lowest BCUT2D eigenvalue weighted by Gasteiger charge is -2.41. The van der Waals surface area contributed by atoms with Crippen molar-refractivity contribution < 1.29 is 9.47 Å². The van der Waals surface area contributed by atoms with Gasteiger partial charge in [-0.3, -0.25) is 5.73 Å². The number of benzene rings is 1. The number of hydrogen-bond donors (Lipinski definition) is 2. The molecule has 1 fully saturated rings. The van der Waals surface area contributed by atoms with Crippen molar-refractivity contribution in [3.05, 3.63) is 60.1 Å². The van der Waals surface area contributed by atoms with Crippen molar-refractivity contribution in [2.45, 2.75) is 5.66 Å². The van der Waals surface area contributed by atoms with E-state index >= 15 is 0 Å². The van der Waals surface area contributed by atoms with Gasteiger partial charge in [0.1, 0.15) is 23.1 Å². The van der Waals surface area contributed by atoms with Crippen LogP contribution in [0.5, 0.6) is 11.5 Å². The summed E-state index contributed by atoms with van der Waals surface area (Å²) in [5.74, 6) is 3.97. The maximum atomic E-state index is 6.88. The minimum atomic E-state index is -1.07. The van der Waals surface area contributed by atoms with Crippen LogP contribution in [-0.2, 0) is 5.66 Å². The Hall–Kier alpha value is -3.46. The van der Waals surface area contributed by atoms with E-state index in [1.807, 2.05) is 67.7 Å². The number of rotatable bonds is 5. The van der Waals surface area contributed by atoms with Crippen LogP contribution in [0.3, 0.4) is 0 Å². The average Bonchev–Trinajstić information content (AvgIpc) is 2.84. The van der Waals surface area contributed by atoms with Crippen LogP contribution in [0.15, 0.2) is 59.5 Å². The van der Waals surface area contributed by atoms with Crippen molar-refractivity contribution in [1.82, 2.24) is 20.1 Å². The van der Waals surface area contributed by atoms with Gasteiger partial charge in [-0.05, 0) is 24.3 Å². The predicted molar refractivity (Wildman–Crippen MR) is 126 cm³/mol. The van der Waals surface area contributed by atoms with Gasteiger partial charge in [-0.1, -0.05) is 6.07 Å².